The van der Waals surface area contributed by atoms with Gasteiger partial charge in [0.1, 0.15) is 32.1 Å². The lowest BCUT2D eigenvalue weighted by atomic mass is 10.00. The number of ketones is 1. The number of carbonyl (C=O) groups is 1. The Balaban J connectivity index is 2.62. The molecule has 0 aliphatic heterocycles. The molecule has 0 fully saturated rings. The molecular formula is C19H17Cl3O6. The number of aromatic hydroxyl groups is 1. The third-order valence-corrected chi connectivity index (χ3v) is 5.44. The summed E-state index contributed by atoms with van der Waals surface area (Å²) in [5, 5.41) is 11.1. The van der Waals surface area contributed by atoms with Gasteiger partial charge in [-0.3, -0.25) is 4.79 Å². The average Bonchev–Trinajstić information content (AvgIpc) is 3.08. The Bertz CT molecular complexity index is 1100. The fraction of sp³-hybridized carbons (Fsp3) is 0.316. The number of Topliss-reactive ketones (excluding diaryl/α,β-unsaturated/α-hetero) is 1. The Hall–Kier alpha value is -2.02. The van der Waals surface area contributed by atoms with Gasteiger partial charge in [-0.25, -0.2) is 0 Å². The van der Waals surface area contributed by atoms with E-state index in [0.717, 1.165) is 0 Å². The van der Waals surface area contributed by atoms with Crippen molar-refractivity contribution in [1.29, 1.82) is 0 Å². The fourth-order valence-electron chi connectivity index (χ4n) is 3.22. The Kier molecular flexibility index (Phi) is 5.75. The van der Waals surface area contributed by atoms with E-state index in [1.807, 2.05) is 6.92 Å². The highest BCUT2D eigenvalue weighted by molar-refractivity contribution is 6.44. The highest BCUT2D eigenvalue weighted by atomic mass is 35.5. The van der Waals surface area contributed by atoms with E-state index in [4.69, 9.17) is 53.4 Å². The summed E-state index contributed by atoms with van der Waals surface area (Å²) in [7, 11) is 4.15. The minimum atomic E-state index is -0.329. The second-order valence-corrected chi connectivity index (χ2v) is 7.08. The highest BCUT2D eigenvalue weighted by Crippen LogP contribution is 2.55. The van der Waals surface area contributed by atoms with Crippen molar-refractivity contribution in [3.8, 4) is 23.0 Å². The smallest absolute Gasteiger partial charge is 0.170 e. The average molecular weight is 448 g/mol. The number of furan rings is 1. The van der Waals surface area contributed by atoms with Gasteiger partial charge in [-0.05, 0) is 6.42 Å². The first-order chi connectivity index (χ1) is 13.3. The lowest BCUT2D eigenvalue weighted by Crippen LogP contribution is -2.06. The van der Waals surface area contributed by atoms with Crippen LogP contribution in [0.2, 0.25) is 15.1 Å². The third-order valence-electron chi connectivity index (χ3n) is 4.40. The van der Waals surface area contributed by atoms with Gasteiger partial charge in [0, 0.05) is 6.42 Å². The largest absolute Gasteiger partial charge is 0.505 e. The number of ether oxygens (including phenoxy) is 3. The molecular weight excluding hydrogens is 431 g/mol. The van der Waals surface area contributed by atoms with Crippen LogP contribution in [0.15, 0.2) is 4.42 Å². The monoisotopic (exact) mass is 446 g/mol. The number of rotatable bonds is 6. The molecule has 0 spiro atoms. The second kappa shape index (κ2) is 7.78. The summed E-state index contributed by atoms with van der Waals surface area (Å²) in [5.74, 6) is -0.223. The van der Waals surface area contributed by atoms with E-state index in [-0.39, 0.29) is 77.8 Å². The maximum Gasteiger partial charge on any atom is 0.170 e. The van der Waals surface area contributed by atoms with E-state index in [1.165, 1.54) is 21.3 Å². The molecule has 0 bridgehead atoms. The van der Waals surface area contributed by atoms with Crippen molar-refractivity contribution in [3.63, 3.8) is 0 Å². The number of fused-ring (bicyclic) bond motifs is 3. The Labute approximate surface area is 175 Å². The quantitative estimate of drug-likeness (QED) is 0.449. The summed E-state index contributed by atoms with van der Waals surface area (Å²) >= 11 is 19.1. The Morgan fingerprint density at radius 1 is 0.893 bits per heavy atom. The van der Waals surface area contributed by atoms with Gasteiger partial charge in [-0.2, -0.15) is 0 Å². The molecule has 0 saturated heterocycles. The maximum atomic E-state index is 12.8. The molecule has 2 aromatic carbocycles. The molecule has 1 N–H and O–H groups in total. The first kappa shape index (κ1) is 20.7. The summed E-state index contributed by atoms with van der Waals surface area (Å²) in [5.41, 5.74) is 0.396. The zero-order valence-electron chi connectivity index (χ0n) is 15.5. The number of benzene rings is 2. The molecule has 1 heterocycles. The summed E-state index contributed by atoms with van der Waals surface area (Å²) in [4.78, 5) is 12.8. The van der Waals surface area contributed by atoms with Crippen LogP contribution in [0.3, 0.4) is 0 Å². The van der Waals surface area contributed by atoms with Crippen molar-refractivity contribution in [2.45, 2.75) is 19.8 Å². The summed E-state index contributed by atoms with van der Waals surface area (Å²) in [6.07, 6.45) is 0.874. The molecule has 0 unspecified atom stereocenters. The first-order valence-corrected chi connectivity index (χ1v) is 9.43. The van der Waals surface area contributed by atoms with Crippen LogP contribution in [0.25, 0.3) is 21.9 Å². The van der Waals surface area contributed by atoms with Gasteiger partial charge in [0.15, 0.2) is 28.4 Å². The van der Waals surface area contributed by atoms with Gasteiger partial charge >= 0.3 is 0 Å². The summed E-state index contributed by atoms with van der Waals surface area (Å²) < 4.78 is 21.9. The van der Waals surface area contributed by atoms with E-state index >= 15 is 0 Å². The Morgan fingerprint density at radius 3 is 1.96 bits per heavy atom. The lowest BCUT2D eigenvalue weighted by Gasteiger charge is -2.15. The van der Waals surface area contributed by atoms with Crippen molar-refractivity contribution in [1.82, 2.24) is 0 Å². The van der Waals surface area contributed by atoms with Crippen molar-refractivity contribution in [3.05, 3.63) is 20.6 Å². The maximum absolute atomic E-state index is 12.8. The molecule has 0 saturated carbocycles. The molecule has 28 heavy (non-hydrogen) atoms. The van der Waals surface area contributed by atoms with Crippen LogP contribution in [-0.2, 0) is 0 Å². The number of carbonyl (C=O) groups excluding carboxylic acids is 1. The van der Waals surface area contributed by atoms with E-state index in [9.17, 15) is 9.90 Å². The van der Waals surface area contributed by atoms with Gasteiger partial charge in [0.2, 0.25) is 0 Å². The molecule has 0 aliphatic carbocycles. The summed E-state index contributed by atoms with van der Waals surface area (Å²) in [6.45, 7) is 1.88. The molecule has 150 valence electrons. The predicted molar refractivity (Wildman–Crippen MR) is 109 cm³/mol. The molecule has 0 atom stereocenters. The van der Waals surface area contributed by atoms with Crippen LogP contribution in [0.4, 0.5) is 0 Å². The van der Waals surface area contributed by atoms with Gasteiger partial charge < -0.3 is 23.7 Å². The van der Waals surface area contributed by atoms with Crippen LogP contribution in [0, 0.1) is 0 Å². The Morgan fingerprint density at radius 2 is 1.43 bits per heavy atom. The number of methoxy groups -OCH3 is 3. The highest BCUT2D eigenvalue weighted by Gasteiger charge is 2.32. The second-order valence-electron chi connectivity index (χ2n) is 5.95. The molecule has 9 heteroatoms. The zero-order chi connectivity index (χ0) is 20.7. The minimum absolute atomic E-state index is 0.0509. The van der Waals surface area contributed by atoms with E-state index in [2.05, 4.69) is 0 Å². The molecule has 3 aromatic rings. The van der Waals surface area contributed by atoms with Crippen LogP contribution in [-0.4, -0.2) is 32.2 Å². The first-order valence-electron chi connectivity index (χ1n) is 8.30. The minimum Gasteiger partial charge on any atom is -0.505 e. The van der Waals surface area contributed by atoms with Crippen LogP contribution in [0.5, 0.6) is 23.0 Å². The summed E-state index contributed by atoms with van der Waals surface area (Å²) in [6, 6.07) is 0. The van der Waals surface area contributed by atoms with Crippen LogP contribution >= 0.6 is 34.8 Å². The number of hydrogen-bond acceptors (Lipinski definition) is 6. The van der Waals surface area contributed by atoms with Gasteiger partial charge in [0.25, 0.3) is 0 Å². The lowest BCUT2D eigenvalue weighted by molar-refractivity contribution is 0.0976. The molecule has 0 amide bonds. The zero-order valence-corrected chi connectivity index (χ0v) is 17.8. The predicted octanol–water partition coefficient (Wildman–Crippen LogP) is 6.26. The van der Waals surface area contributed by atoms with Crippen molar-refractivity contribution in [2.24, 2.45) is 0 Å². The van der Waals surface area contributed by atoms with Gasteiger partial charge in [-0.1, -0.05) is 41.7 Å². The van der Waals surface area contributed by atoms with Gasteiger partial charge in [0.05, 0.1) is 32.1 Å². The molecule has 0 aliphatic rings. The van der Waals surface area contributed by atoms with Crippen molar-refractivity contribution in [2.75, 3.05) is 21.3 Å². The SMILES string of the molecule is CCCC(=O)c1c(OC)c(Cl)c2oc3c(Cl)c(OC)c(Cl)c(O)c3c2c1OC. The number of phenolic OH excluding ortho intramolecular Hbond substituents is 1. The number of phenols is 1. The van der Waals surface area contributed by atoms with Gasteiger partial charge in [-0.15, -0.1) is 0 Å². The van der Waals surface area contributed by atoms with E-state index < -0.39 is 0 Å². The molecule has 0 radical (unpaired) electrons. The number of hydrogen-bond donors (Lipinski definition) is 1. The van der Waals surface area contributed by atoms with Crippen molar-refractivity contribution < 1.29 is 28.5 Å². The van der Waals surface area contributed by atoms with Crippen LogP contribution in [0.1, 0.15) is 30.1 Å². The molecule has 6 nitrogen and oxygen atoms in total. The topological polar surface area (TPSA) is 78.1 Å². The number of halogens is 3. The van der Waals surface area contributed by atoms with E-state index in [0.29, 0.717) is 6.42 Å². The molecule has 1 aromatic heterocycles. The van der Waals surface area contributed by atoms with Crippen molar-refractivity contribution >= 4 is 62.5 Å². The normalized spacial score (nSPS) is 11.2. The standard InChI is InChI=1S/C19H17Cl3O6/c1-5-6-7(23)8-15(25-2)10-9-14(24)11(20)19(27-4)13(22)17(9)28-18(10)12(21)16(8)26-3/h24H,5-6H2,1-4H3. The van der Waals surface area contributed by atoms with E-state index in [1.54, 1.807) is 0 Å². The third kappa shape index (κ3) is 2.82. The van der Waals surface area contributed by atoms with Crippen LogP contribution < -0.4 is 14.2 Å². The molecule has 3 rings (SSSR count). The fourth-order valence-corrected chi connectivity index (χ4v) is 4.14.